The average molecular weight is 286 g/mol. The molecule has 1 atom stereocenters. The molecule has 1 unspecified atom stereocenters. The van der Waals surface area contributed by atoms with Crippen LogP contribution in [0.2, 0.25) is 17.1 Å². The van der Waals surface area contributed by atoms with Gasteiger partial charge in [0.1, 0.15) is 5.76 Å². The zero-order chi connectivity index (χ0) is 14.8. The fourth-order valence-corrected chi connectivity index (χ4v) is 7.03. The Morgan fingerprint density at radius 3 is 2.50 bits per heavy atom. The van der Waals surface area contributed by atoms with Crippen LogP contribution in [0.3, 0.4) is 0 Å². The Labute approximate surface area is 124 Å². The van der Waals surface area contributed by atoms with Crippen LogP contribution >= 0.6 is 0 Å². The van der Waals surface area contributed by atoms with Crippen LogP contribution in [0.5, 0.6) is 0 Å². The van der Waals surface area contributed by atoms with E-state index in [9.17, 15) is 0 Å². The van der Waals surface area contributed by atoms with Gasteiger partial charge >= 0.3 is 0 Å². The van der Waals surface area contributed by atoms with Crippen molar-refractivity contribution in [1.82, 2.24) is 0 Å². The van der Waals surface area contributed by atoms with E-state index in [0.717, 1.165) is 11.8 Å². The van der Waals surface area contributed by atoms with Crippen LogP contribution in [0.25, 0.3) is 0 Å². The summed E-state index contributed by atoms with van der Waals surface area (Å²) in [6.07, 6.45) is 15.1. The van der Waals surface area contributed by atoms with Crippen molar-refractivity contribution < 1.29 is 4.43 Å². The van der Waals surface area contributed by atoms with Crippen LogP contribution in [-0.2, 0) is 4.43 Å². The van der Waals surface area contributed by atoms with Crippen LogP contribution in [0, 0.1) is 5.92 Å². The first-order valence-corrected chi connectivity index (χ1v) is 9.85. The molecule has 0 saturated heterocycles. The van der Waals surface area contributed by atoms with Crippen molar-refractivity contribution in [3.05, 3.63) is 60.4 Å². The van der Waals surface area contributed by atoms with Crippen LogP contribution < -0.4 is 0 Å². The zero-order valence-electron chi connectivity index (χ0n) is 13.1. The summed E-state index contributed by atoms with van der Waals surface area (Å²) in [6, 6.07) is 1.01. The van der Waals surface area contributed by atoms with E-state index in [1.54, 1.807) is 0 Å². The molecule has 0 N–H and O–H groups in total. The van der Waals surface area contributed by atoms with Gasteiger partial charge in [-0.1, -0.05) is 58.1 Å². The van der Waals surface area contributed by atoms with Gasteiger partial charge in [0.15, 0.2) is 0 Å². The van der Waals surface area contributed by atoms with Gasteiger partial charge in [-0.25, -0.2) is 0 Å². The molecule has 0 aliphatic heterocycles. The van der Waals surface area contributed by atoms with E-state index in [-0.39, 0.29) is 0 Å². The second kappa shape index (κ2) is 6.00. The molecule has 2 heteroatoms. The second-order valence-corrected chi connectivity index (χ2v) is 11.2. The third kappa shape index (κ3) is 2.75. The minimum Gasteiger partial charge on any atom is -0.543 e. The van der Waals surface area contributed by atoms with Crippen LogP contribution in [-0.4, -0.2) is 8.32 Å². The van der Waals surface area contributed by atoms with Gasteiger partial charge in [-0.05, 0) is 34.9 Å². The molecule has 0 aromatic carbocycles. The summed E-state index contributed by atoms with van der Waals surface area (Å²) in [5, 5.41) is 0. The maximum atomic E-state index is 6.64. The van der Waals surface area contributed by atoms with Gasteiger partial charge in [-0.2, -0.15) is 0 Å². The highest BCUT2D eigenvalue weighted by atomic mass is 28.4. The molecule has 2 rings (SSSR count). The summed E-state index contributed by atoms with van der Waals surface area (Å²) in [5.41, 5.74) is 2.50. The molecule has 20 heavy (non-hydrogen) atoms. The molecule has 0 spiro atoms. The van der Waals surface area contributed by atoms with Crippen LogP contribution in [0.15, 0.2) is 60.4 Å². The molecule has 0 aromatic heterocycles. The van der Waals surface area contributed by atoms with Crippen molar-refractivity contribution in [2.24, 2.45) is 5.92 Å². The lowest BCUT2D eigenvalue weighted by Crippen LogP contribution is -2.43. The lowest BCUT2D eigenvalue weighted by molar-refractivity contribution is 0.401. The first kappa shape index (κ1) is 15.1. The van der Waals surface area contributed by atoms with E-state index in [1.165, 1.54) is 5.57 Å². The van der Waals surface area contributed by atoms with Crippen molar-refractivity contribution in [2.45, 2.75) is 44.8 Å². The standard InChI is InChI=1S/C18H26OSi/c1-6-11-20(14(2)3,15(4)5)19-18-12-16-9-7-8-10-17(16)13-18/h6-10,12-16H,1,11H2,2-5H3. The number of hydrogen-bond donors (Lipinski definition) is 0. The maximum absolute atomic E-state index is 6.64. The molecular weight excluding hydrogens is 260 g/mol. The first-order chi connectivity index (χ1) is 9.49. The summed E-state index contributed by atoms with van der Waals surface area (Å²) in [4.78, 5) is 0. The molecule has 0 bridgehead atoms. The molecule has 1 nitrogen and oxygen atoms in total. The van der Waals surface area contributed by atoms with Gasteiger partial charge in [0.2, 0.25) is 0 Å². The third-order valence-corrected chi connectivity index (χ3v) is 9.93. The van der Waals surface area contributed by atoms with E-state index in [2.05, 4.69) is 70.7 Å². The summed E-state index contributed by atoms with van der Waals surface area (Å²) >= 11 is 0. The molecule has 0 saturated carbocycles. The molecule has 0 heterocycles. The normalized spacial score (nSPS) is 21.0. The SMILES string of the molecule is C=CC[Si](OC1=CC2C=CC=CC2=C1)(C(C)C)C(C)C. The van der Waals surface area contributed by atoms with E-state index in [0.29, 0.717) is 17.0 Å². The molecule has 108 valence electrons. The van der Waals surface area contributed by atoms with Crippen molar-refractivity contribution >= 4 is 8.32 Å². The van der Waals surface area contributed by atoms with Crippen LogP contribution in [0.4, 0.5) is 0 Å². The zero-order valence-corrected chi connectivity index (χ0v) is 14.1. The average Bonchev–Trinajstić information content (AvgIpc) is 2.79. The van der Waals surface area contributed by atoms with E-state index >= 15 is 0 Å². The van der Waals surface area contributed by atoms with Gasteiger partial charge in [0, 0.05) is 5.92 Å². The highest BCUT2D eigenvalue weighted by Gasteiger charge is 2.43. The predicted molar refractivity (Wildman–Crippen MR) is 90.0 cm³/mol. The van der Waals surface area contributed by atoms with Crippen LogP contribution in [0.1, 0.15) is 27.7 Å². The molecule has 0 amide bonds. The van der Waals surface area contributed by atoms with E-state index in [4.69, 9.17) is 4.43 Å². The minimum absolute atomic E-state index is 0.407. The van der Waals surface area contributed by atoms with E-state index in [1.807, 2.05) is 6.08 Å². The predicted octanol–water partition coefficient (Wildman–Crippen LogP) is 5.52. The summed E-state index contributed by atoms with van der Waals surface area (Å²) in [7, 11) is -1.86. The summed E-state index contributed by atoms with van der Waals surface area (Å²) in [6.45, 7) is 13.1. The molecule has 0 aromatic rings. The smallest absolute Gasteiger partial charge is 0.259 e. The number of rotatable bonds is 6. The number of allylic oxidation sites excluding steroid dienone is 8. The van der Waals surface area contributed by atoms with Crippen molar-refractivity contribution in [3.8, 4) is 0 Å². The van der Waals surface area contributed by atoms with Gasteiger partial charge in [0.05, 0.1) is 0 Å². The largest absolute Gasteiger partial charge is 0.543 e. The maximum Gasteiger partial charge on any atom is 0.259 e. The summed E-state index contributed by atoms with van der Waals surface area (Å²) < 4.78 is 6.64. The molecule has 2 aliphatic carbocycles. The Morgan fingerprint density at radius 1 is 1.25 bits per heavy atom. The Bertz CT molecular complexity index is 484. The Balaban J connectivity index is 2.25. The van der Waals surface area contributed by atoms with Gasteiger partial charge in [0.25, 0.3) is 8.32 Å². The minimum atomic E-state index is -1.86. The topological polar surface area (TPSA) is 9.23 Å². The monoisotopic (exact) mass is 286 g/mol. The Kier molecular flexibility index (Phi) is 4.54. The van der Waals surface area contributed by atoms with Gasteiger partial charge < -0.3 is 4.43 Å². The fraction of sp³-hybridized carbons (Fsp3) is 0.444. The second-order valence-electron chi connectivity index (χ2n) is 6.34. The highest BCUT2D eigenvalue weighted by Crippen LogP contribution is 2.41. The fourth-order valence-electron chi connectivity index (χ4n) is 3.18. The van der Waals surface area contributed by atoms with Gasteiger partial charge in [-0.15, -0.1) is 6.58 Å². The molecule has 0 fully saturated rings. The van der Waals surface area contributed by atoms with Gasteiger partial charge in [-0.3, -0.25) is 0 Å². The number of fused-ring (bicyclic) bond motifs is 1. The van der Waals surface area contributed by atoms with E-state index < -0.39 is 8.32 Å². The number of hydrogen-bond acceptors (Lipinski definition) is 1. The Hall–Kier alpha value is -1.28. The quantitative estimate of drug-likeness (QED) is 0.461. The lowest BCUT2D eigenvalue weighted by Gasteiger charge is -2.38. The van der Waals surface area contributed by atoms with Crippen molar-refractivity contribution in [3.63, 3.8) is 0 Å². The molecule has 0 radical (unpaired) electrons. The molecule has 2 aliphatic rings. The third-order valence-electron chi connectivity index (χ3n) is 4.48. The molecular formula is C18H26OSi. The summed E-state index contributed by atoms with van der Waals surface area (Å²) in [5.74, 6) is 1.47. The van der Waals surface area contributed by atoms with Crippen molar-refractivity contribution in [2.75, 3.05) is 0 Å². The first-order valence-electron chi connectivity index (χ1n) is 7.58. The highest BCUT2D eigenvalue weighted by molar-refractivity contribution is 6.77. The Morgan fingerprint density at radius 2 is 1.95 bits per heavy atom. The van der Waals surface area contributed by atoms with Crippen molar-refractivity contribution in [1.29, 1.82) is 0 Å². The lowest BCUT2D eigenvalue weighted by atomic mass is 9.99.